The van der Waals surface area contributed by atoms with Crippen LogP contribution in [0.3, 0.4) is 0 Å². The lowest BCUT2D eigenvalue weighted by atomic mass is 9.94. The maximum atomic E-state index is 3.70. The van der Waals surface area contributed by atoms with Crippen LogP contribution in [0.2, 0.25) is 0 Å². The van der Waals surface area contributed by atoms with Crippen LogP contribution in [0.1, 0.15) is 49.3 Å². The van der Waals surface area contributed by atoms with E-state index in [9.17, 15) is 0 Å². The molecule has 1 aromatic carbocycles. The number of anilines is 1. The lowest BCUT2D eigenvalue weighted by Crippen LogP contribution is -2.29. The number of nitrogens with zero attached hydrogens (tertiary/aromatic N) is 1. The van der Waals surface area contributed by atoms with Crippen molar-refractivity contribution in [2.75, 3.05) is 24.5 Å². The van der Waals surface area contributed by atoms with Gasteiger partial charge in [0.1, 0.15) is 0 Å². The molecular formula is C16H24N2. The number of piperidine rings is 1. The number of rotatable bonds is 2. The quantitative estimate of drug-likeness (QED) is 0.857. The average Bonchev–Trinajstić information content (AvgIpc) is 2.93. The average molecular weight is 244 g/mol. The Morgan fingerprint density at radius 3 is 2.67 bits per heavy atom. The van der Waals surface area contributed by atoms with Crippen LogP contribution in [-0.4, -0.2) is 19.6 Å². The van der Waals surface area contributed by atoms with E-state index in [2.05, 4.69) is 35.3 Å². The highest BCUT2D eigenvalue weighted by atomic mass is 15.1. The standard InChI is InChI=1S/C16H24N2/c1-13-7-8-16(18-10-4-5-11-18)14(12-13)15-6-2-3-9-17-15/h7-8,12,15,17H,2-6,9-11H2,1H3. The van der Waals surface area contributed by atoms with Crippen LogP contribution < -0.4 is 10.2 Å². The summed E-state index contributed by atoms with van der Waals surface area (Å²) in [5, 5.41) is 3.70. The van der Waals surface area contributed by atoms with Gasteiger partial charge in [-0.2, -0.15) is 0 Å². The minimum atomic E-state index is 0.578. The second-order valence-electron chi connectivity index (χ2n) is 5.76. The molecule has 1 aromatic rings. The predicted molar refractivity (Wildman–Crippen MR) is 77.2 cm³/mol. The Morgan fingerprint density at radius 2 is 1.94 bits per heavy atom. The van der Waals surface area contributed by atoms with Gasteiger partial charge in [0.15, 0.2) is 0 Å². The minimum absolute atomic E-state index is 0.578. The molecule has 2 saturated heterocycles. The largest absolute Gasteiger partial charge is 0.371 e. The van der Waals surface area contributed by atoms with Gasteiger partial charge in [0, 0.05) is 24.8 Å². The third kappa shape index (κ3) is 2.39. The Bertz CT molecular complexity index is 402. The van der Waals surface area contributed by atoms with Crippen molar-refractivity contribution in [3.8, 4) is 0 Å². The Labute approximate surface area is 110 Å². The number of benzene rings is 1. The molecule has 3 rings (SSSR count). The van der Waals surface area contributed by atoms with Crippen LogP contribution in [0.4, 0.5) is 5.69 Å². The Morgan fingerprint density at radius 1 is 1.11 bits per heavy atom. The molecule has 0 saturated carbocycles. The molecule has 0 amide bonds. The van der Waals surface area contributed by atoms with Gasteiger partial charge in [0.25, 0.3) is 0 Å². The molecule has 98 valence electrons. The second kappa shape index (κ2) is 5.31. The summed E-state index contributed by atoms with van der Waals surface area (Å²) < 4.78 is 0. The van der Waals surface area contributed by atoms with Crippen LogP contribution in [0, 0.1) is 6.92 Å². The third-order valence-electron chi connectivity index (χ3n) is 4.32. The van der Waals surface area contributed by atoms with Crippen molar-refractivity contribution in [2.24, 2.45) is 0 Å². The fraction of sp³-hybridized carbons (Fsp3) is 0.625. The van der Waals surface area contributed by atoms with E-state index < -0.39 is 0 Å². The van der Waals surface area contributed by atoms with Gasteiger partial charge in [-0.25, -0.2) is 0 Å². The lowest BCUT2D eigenvalue weighted by Gasteiger charge is -2.29. The van der Waals surface area contributed by atoms with E-state index in [0.29, 0.717) is 6.04 Å². The Balaban J connectivity index is 1.91. The predicted octanol–water partition coefficient (Wildman–Crippen LogP) is 3.41. The van der Waals surface area contributed by atoms with Crippen molar-refractivity contribution < 1.29 is 0 Å². The minimum Gasteiger partial charge on any atom is -0.371 e. The van der Waals surface area contributed by atoms with Gasteiger partial charge in [-0.1, -0.05) is 24.1 Å². The molecular weight excluding hydrogens is 220 g/mol. The fourth-order valence-corrected chi connectivity index (χ4v) is 3.32. The molecule has 0 bridgehead atoms. The van der Waals surface area contributed by atoms with E-state index in [1.54, 1.807) is 0 Å². The molecule has 18 heavy (non-hydrogen) atoms. The maximum Gasteiger partial charge on any atom is 0.0414 e. The molecule has 0 radical (unpaired) electrons. The lowest BCUT2D eigenvalue weighted by molar-refractivity contribution is 0.412. The van der Waals surface area contributed by atoms with E-state index in [1.165, 1.54) is 68.6 Å². The third-order valence-corrected chi connectivity index (χ3v) is 4.32. The smallest absolute Gasteiger partial charge is 0.0414 e. The van der Waals surface area contributed by atoms with E-state index in [0.717, 1.165) is 0 Å². The first kappa shape index (κ1) is 12.0. The first-order chi connectivity index (χ1) is 8.84. The van der Waals surface area contributed by atoms with Gasteiger partial charge in [0.05, 0.1) is 0 Å². The van der Waals surface area contributed by atoms with E-state index in [-0.39, 0.29) is 0 Å². The summed E-state index contributed by atoms with van der Waals surface area (Å²) in [7, 11) is 0. The highest BCUT2D eigenvalue weighted by molar-refractivity contribution is 5.57. The van der Waals surface area contributed by atoms with Crippen molar-refractivity contribution in [3.05, 3.63) is 29.3 Å². The number of hydrogen-bond acceptors (Lipinski definition) is 2. The molecule has 2 heteroatoms. The monoisotopic (exact) mass is 244 g/mol. The van der Waals surface area contributed by atoms with Gasteiger partial charge >= 0.3 is 0 Å². The summed E-state index contributed by atoms with van der Waals surface area (Å²) in [6, 6.07) is 7.58. The van der Waals surface area contributed by atoms with E-state index in [1.807, 2.05) is 0 Å². The summed E-state index contributed by atoms with van der Waals surface area (Å²) in [6.45, 7) is 5.86. The van der Waals surface area contributed by atoms with Crippen LogP contribution in [0.5, 0.6) is 0 Å². The van der Waals surface area contributed by atoms with Gasteiger partial charge in [-0.15, -0.1) is 0 Å². The van der Waals surface area contributed by atoms with Crippen LogP contribution in [0.25, 0.3) is 0 Å². The van der Waals surface area contributed by atoms with Gasteiger partial charge in [-0.3, -0.25) is 0 Å². The highest BCUT2D eigenvalue weighted by Crippen LogP contribution is 2.33. The maximum absolute atomic E-state index is 3.70. The molecule has 2 heterocycles. The normalized spacial score (nSPS) is 24.5. The molecule has 1 unspecified atom stereocenters. The highest BCUT2D eigenvalue weighted by Gasteiger charge is 2.22. The number of hydrogen-bond donors (Lipinski definition) is 1. The van der Waals surface area contributed by atoms with E-state index in [4.69, 9.17) is 0 Å². The zero-order valence-corrected chi connectivity index (χ0v) is 11.4. The Kier molecular flexibility index (Phi) is 3.55. The summed E-state index contributed by atoms with van der Waals surface area (Å²) in [4.78, 5) is 2.57. The van der Waals surface area contributed by atoms with Gasteiger partial charge in [0.2, 0.25) is 0 Å². The molecule has 2 aliphatic heterocycles. The van der Waals surface area contributed by atoms with Crippen LogP contribution >= 0.6 is 0 Å². The topological polar surface area (TPSA) is 15.3 Å². The molecule has 2 nitrogen and oxygen atoms in total. The summed E-state index contributed by atoms with van der Waals surface area (Å²) >= 11 is 0. The van der Waals surface area contributed by atoms with Crippen LogP contribution in [-0.2, 0) is 0 Å². The number of aryl methyl sites for hydroxylation is 1. The zero-order chi connectivity index (χ0) is 12.4. The molecule has 1 N–H and O–H groups in total. The van der Waals surface area contributed by atoms with Crippen LogP contribution in [0.15, 0.2) is 18.2 Å². The van der Waals surface area contributed by atoms with Crippen molar-refractivity contribution in [1.29, 1.82) is 0 Å². The summed E-state index contributed by atoms with van der Waals surface area (Å²) in [5.74, 6) is 0. The molecule has 0 spiro atoms. The first-order valence-corrected chi connectivity index (χ1v) is 7.43. The molecule has 1 atom stereocenters. The fourth-order valence-electron chi connectivity index (χ4n) is 3.32. The molecule has 2 aliphatic rings. The van der Waals surface area contributed by atoms with Gasteiger partial charge in [-0.05, 0) is 50.8 Å². The van der Waals surface area contributed by atoms with Crippen molar-refractivity contribution in [2.45, 2.75) is 45.1 Å². The van der Waals surface area contributed by atoms with Crippen molar-refractivity contribution in [1.82, 2.24) is 5.32 Å². The van der Waals surface area contributed by atoms with Crippen molar-refractivity contribution >= 4 is 5.69 Å². The second-order valence-corrected chi connectivity index (χ2v) is 5.76. The van der Waals surface area contributed by atoms with Gasteiger partial charge < -0.3 is 10.2 Å². The summed E-state index contributed by atoms with van der Waals surface area (Å²) in [5.41, 5.74) is 4.41. The molecule has 2 fully saturated rings. The zero-order valence-electron chi connectivity index (χ0n) is 11.4. The molecule has 0 aliphatic carbocycles. The Hall–Kier alpha value is -1.02. The van der Waals surface area contributed by atoms with E-state index >= 15 is 0 Å². The molecule has 0 aromatic heterocycles. The van der Waals surface area contributed by atoms with Crippen molar-refractivity contribution in [3.63, 3.8) is 0 Å². The summed E-state index contributed by atoms with van der Waals surface area (Å²) in [6.07, 6.45) is 6.70. The number of nitrogens with one attached hydrogen (secondary N) is 1. The first-order valence-electron chi connectivity index (χ1n) is 7.43. The SMILES string of the molecule is Cc1ccc(N2CCCC2)c(C2CCCCN2)c1.